The first-order chi connectivity index (χ1) is 9.04. The van der Waals surface area contributed by atoms with Crippen LogP contribution in [-0.2, 0) is 0 Å². The van der Waals surface area contributed by atoms with Crippen LogP contribution in [0.3, 0.4) is 0 Å². The summed E-state index contributed by atoms with van der Waals surface area (Å²) in [6.45, 7) is 0. The zero-order valence-corrected chi connectivity index (χ0v) is 13.0. The number of nitrogens with zero attached hydrogens (tertiary/aromatic N) is 1. The van der Waals surface area contributed by atoms with Crippen LogP contribution in [0.4, 0.5) is 0 Å². The van der Waals surface area contributed by atoms with Crippen LogP contribution in [0.2, 0.25) is 0 Å². The number of halogens is 2. The second-order valence-electron chi connectivity index (χ2n) is 3.69. The Bertz CT molecular complexity index is 644. The Morgan fingerprint density at radius 3 is 2.63 bits per heavy atom. The van der Waals surface area contributed by atoms with E-state index >= 15 is 0 Å². The fraction of sp³-hybridized carbons (Fsp3) is 0.0769. The Morgan fingerprint density at radius 1 is 1.26 bits per heavy atom. The predicted octanol–water partition coefficient (Wildman–Crippen LogP) is 3.98. The number of carboxylic acids is 1. The highest BCUT2D eigenvalue weighted by molar-refractivity contribution is 9.11. The lowest BCUT2D eigenvalue weighted by Gasteiger charge is -2.11. The maximum Gasteiger partial charge on any atom is 0.337 e. The molecule has 4 nitrogen and oxygen atoms in total. The Hall–Kier alpha value is -1.40. The van der Waals surface area contributed by atoms with Gasteiger partial charge in [0.25, 0.3) is 0 Å². The molecular formula is C13H9Br2NO3. The molecule has 0 unspecified atom stereocenters. The monoisotopic (exact) mass is 385 g/mol. The van der Waals surface area contributed by atoms with Crippen LogP contribution in [0, 0.1) is 0 Å². The third-order valence-corrected chi connectivity index (χ3v) is 3.87. The largest absolute Gasteiger partial charge is 0.497 e. The van der Waals surface area contributed by atoms with Gasteiger partial charge in [0.05, 0.1) is 12.7 Å². The zero-order chi connectivity index (χ0) is 14.0. The molecule has 0 radical (unpaired) electrons. The van der Waals surface area contributed by atoms with E-state index in [2.05, 4.69) is 36.8 Å². The van der Waals surface area contributed by atoms with Crippen molar-refractivity contribution in [1.82, 2.24) is 4.98 Å². The molecule has 1 N–H and O–H groups in total. The topological polar surface area (TPSA) is 59.4 Å². The highest BCUT2D eigenvalue weighted by Crippen LogP contribution is 2.37. The van der Waals surface area contributed by atoms with Crippen molar-refractivity contribution in [2.45, 2.75) is 0 Å². The number of carbonyl (C=O) groups is 1. The average Bonchev–Trinajstić information content (AvgIpc) is 2.39. The molecule has 1 aromatic heterocycles. The molecule has 0 saturated carbocycles. The Morgan fingerprint density at radius 2 is 2.00 bits per heavy atom. The van der Waals surface area contributed by atoms with Crippen molar-refractivity contribution in [1.29, 1.82) is 0 Å². The summed E-state index contributed by atoms with van der Waals surface area (Å²) in [4.78, 5) is 15.2. The molecule has 0 spiro atoms. The van der Waals surface area contributed by atoms with Crippen LogP contribution < -0.4 is 4.74 Å². The van der Waals surface area contributed by atoms with Gasteiger partial charge in [-0.2, -0.15) is 0 Å². The van der Waals surface area contributed by atoms with Crippen molar-refractivity contribution in [3.63, 3.8) is 0 Å². The molecule has 98 valence electrons. The maximum absolute atomic E-state index is 11.3. The van der Waals surface area contributed by atoms with E-state index in [9.17, 15) is 9.90 Å². The zero-order valence-electron chi connectivity index (χ0n) is 9.85. The fourth-order valence-electron chi connectivity index (χ4n) is 1.69. The second kappa shape index (κ2) is 5.71. The Balaban J connectivity index is 2.74. The van der Waals surface area contributed by atoms with Crippen molar-refractivity contribution in [3.05, 3.63) is 45.1 Å². The normalized spacial score (nSPS) is 10.3. The summed E-state index contributed by atoms with van der Waals surface area (Å²) < 4.78 is 6.57. The summed E-state index contributed by atoms with van der Waals surface area (Å²) in [6, 6.07) is 5.38. The van der Waals surface area contributed by atoms with Gasteiger partial charge in [0.15, 0.2) is 0 Å². The predicted molar refractivity (Wildman–Crippen MR) is 78.6 cm³/mol. The van der Waals surface area contributed by atoms with E-state index in [0.29, 0.717) is 15.8 Å². The van der Waals surface area contributed by atoms with Crippen LogP contribution in [0.5, 0.6) is 5.75 Å². The standard InChI is InChI=1S/C13H9Br2NO3/c1-19-7-2-3-10(14)8(4-7)12-9(13(17)18)5-16-6-11(12)15/h2-6H,1H3,(H,17,18). The molecule has 19 heavy (non-hydrogen) atoms. The molecule has 0 atom stereocenters. The van der Waals surface area contributed by atoms with Crippen molar-refractivity contribution in [2.75, 3.05) is 7.11 Å². The molecular weight excluding hydrogens is 378 g/mol. The van der Waals surface area contributed by atoms with Gasteiger partial charge in [-0.25, -0.2) is 4.79 Å². The van der Waals surface area contributed by atoms with Gasteiger partial charge in [-0.1, -0.05) is 15.9 Å². The Kier molecular flexibility index (Phi) is 4.21. The molecule has 0 aliphatic heterocycles. The quantitative estimate of drug-likeness (QED) is 0.866. The van der Waals surface area contributed by atoms with Crippen LogP contribution >= 0.6 is 31.9 Å². The van der Waals surface area contributed by atoms with Crippen LogP contribution in [-0.4, -0.2) is 23.2 Å². The number of benzene rings is 1. The second-order valence-corrected chi connectivity index (χ2v) is 5.40. The lowest BCUT2D eigenvalue weighted by molar-refractivity contribution is 0.0697. The molecule has 1 aromatic carbocycles. The van der Waals surface area contributed by atoms with E-state index in [-0.39, 0.29) is 5.56 Å². The van der Waals surface area contributed by atoms with Gasteiger partial charge in [-0.15, -0.1) is 0 Å². The first-order valence-electron chi connectivity index (χ1n) is 5.25. The number of ether oxygens (including phenoxy) is 1. The number of methoxy groups -OCH3 is 1. The first kappa shape index (κ1) is 14.0. The highest BCUT2D eigenvalue weighted by Gasteiger charge is 2.18. The van der Waals surface area contributed by atoms with Gasteiger partial charge >= 0.3 is 5.97 Å². The fourth-order valence-corrected chi connectivity index (χ4v) is 2.68. The van der Waals surface area contributed by atoms with E-state index in [1.54, 1.807) is 25.4 Å². The highest BCUT2D eigenvalue weighted by atomic mass is 79.9. The molecule has 0 bridgehead atoms. The summed E-state index contributed by atoms with van der Waals surface area (Å²) in [5.74, 6) is -0.378. The minimum absolute atomic E-state index is 0.128. The van der Waals surface area contributed by atoms with Crippen LogP contribution in [0.15, 0.2) is 39.5 Å². The number of hydrogen-bond donors (Lipinski definition) is 1. The van der Waals surface area contributed by atoms with Crippen molar-refractivity contribution in [2.24, 2.45) is 0 Å². The van der Waals surface area contributed by atoms with E-state index in [1.807, 2.05) is 6.07 Å². The molecule has 2 aromatic rings. The molecule has 1 heterocycles. The van der Waals surface area contributed by atoms with E-state index < -0.39 is 5.97 Å². The van der Waals surface area contributed by atoms with Gasteiger partial charge in [-0.3, -0.25) is 4.98 Å². The summed E-state index contributed by atoms with van der Waals surface area (Å²) in [5.41, 5.74) is 1.42. The molecule has 0 fully saturated rings. The molecule has 0 saturated heterocycles. The van der Waals surface area contributed by atoms with Crippen LogP contribution in [0.1, 0.15) is 10.4 Å². The Labute approximate surface area is 126 Å². The number of carboxylic acid groups (broad SMARTS) is 1. The number of pyridine rings is 1. The van der Waals surface area contributed by atoms with Gasteiger partial charge in [-0.05, 0) is 34.1 Å². The van der Waals surface area contributed by atoms with Gasteiger partial charge in [0, 0.05) is 32.5 Å². The van der Waals surface area contributed by atoms with Crippen molar-refractivity contribution in [3.8, 4) is 16.9 Å². The lowest BCUT2D eigenvalue weighted by Crippen LogP contribution is -2.02. The number of aromatic carboxylic acids is 1. The summed E-state index contributed by atoms with van der Waals surface area (Å²) in [6.07, 6.45) is 2.89. The summed E-state index contributed by atoms with van der Waals surface area (Å²) in [5, 5.41) is 9.26. The number of hydrogen-bond acceptors (Lipinski definition) is 3. The van der Waals surface area contributed by atoms with Crippen LogP contribution in [0.25, 0.3) is 11.1 Å². The lowest BCUT2D eigenvalue weighted by atomic mass is 10.0. The SMILES string of the molecule is COc1ccc(Br)c(-c2c(Br)cncc2C(=O)O)c1. The molecule has 2 rings (SSSR count). The number of aromatic nitrogens is 1. The minimum atomic E-state index is -1.03. The first-order valence-corrected chi connectivity index (χ1v) is 6.84. The van der Waals surface area contributed by atoms with Gasteiger partial charge in [0.2, 0.25) is 0 Å². The van der Waals surface area contributed by atoms with E-state index in [0.717, 1.165) is 10.0 Å². The third-order valence-electron chi connectivity index (χ3n) is 2.57. The van der Waals surface area contributed by atoms with E-state index in [4.69, 9.17) is 4.74 Å². The third kappa shape index (κ3) is 2.79. The van der Waals surface area contributed by atoms with Gasteiger partial charge in [0.1, 0.15) is 5.75 Å². The maximum atomic E-state index is 11.3. The molecule has 6 heteroatoms. The molecule has 0 amide bonds. The number of rotatable bonds is 3. The van der Waals surface area contributed by atoms with Crippen molar-refractivity contribution >= 4 is 37.8 Å². The summed E-state index contributed by atoms with van der Waals surface area (Å²) in [7, 11) is 1.56. The minimum Gasteiger partial charge on any atom is -0.497 e. The summed E-state index contributed by atoms with van der Waals surface area (Å²) >= 11 is 6.77. The smallest absolute Gasteiger partial charge is 0.337 e. The molecule has 0 aliphatic carbocycles. The van der Waals surface area contributed by atoms with E-state index in [1.165, 1.54) is 6.20 Å². The molecule has 0 aliphatic rings. The van der Waals surface area contributed by atoms with Crippen molar-refractivity contribution < 1.29 is 14.6 Å². The van der Waals surface area contributed by atoms with Gasteiger partial charge < -0.3 is 9.84 Å². The average molecular weight is 387 g/mol.